The molecule has 178 valence electrons. The number of hydrogen-bond acceptors (Lipinski definition) is 5. The molecule has 3 aromatic rings. The largest absolute Gasteiger partial charge is 0.573 e. The van der Waals surface area contributed by atoms with Gasteiger partial charge in [0.1, 0.15) is 11.5 Å². The molecule has 0 radical (unpaired) electrons. The second-order valence-electron chi connectivity index (χ2n) is 7.49. The number of aryl methyl sites for hydroxylation is 1. The number of amides is 1. The second-order valence-corrected chi connectivity index (χ2v) is 9.35. The Morgan fingerprint density at radius 1 is 1.06 bits per heavy atom. The first-order chi connectivity index (χ1) is 16.0. The van der Waals surface area contributed by atoms with Gasteiger partial charge in [0.15, 0.2) is 6.10 Å². The third-order valence-electron chi connectivity index (χ3n) is 4.96. The Hall–Kier alpha value is -3.73. The molecule has 1 heterocycles. The van der Waals surface area contributed by atoms with E-state index < -0.39 is 34.1 Å². The van der Waals surface area contributed by atoms with Gasteiger partial charge in [-0.25, -0.2) is 8.42 Å². The third-order valence-corrected chi connectivity index (χ3v) is 6.76. The molecule has 0 unspecified atom stereocenters. The summed E-state index contributed by atoms with van der Waals surface area (Å²) in [6.45, 7) is 1.50. The van der Waals surface area contributed by atoms with Crippen LogP contribution in [0.5, 0.6) is 11.5 Å². The van der Waals surface area contributed by atoms with Crippen LogP contribution in [0.4, 0.5) is 24.5 Å². The van der Waals surface area contributed by atoms with Crippen LogP contribution in [0.1, 0.15) is 5.56 Å². The standard InChI is InChI=1S/C23H19F3N2O5S/c1-15-7-12-19-20(13-15)32-21(14-28(19)34(30,31)18-5-3-2-4-6-18)22(29)27-16-8-10-17(11-9-16)33-23(24,25)26/h2-13,21H,14H2,1H3,(H,27,29)/t21-/m0/s1. The van der Waals surface area contributed by atoms with Gasteiger partial charge in [0, 0.05) is 5.69 Å². The van der Waals surface area contributed by atoms with Crippen molar-refractivity contribution in [1.82, 2.24) is 0 Å². The summed E-state index contributed by atoms with van der Waals surface area (Å²) in [6.07, 6.45) is -6.04. The first-order valence-corrected chi connectivity index (χ1v) is 11.5. The van der Waals surface area contributed by atoms with Crippen LogP contribution in [0.15, 0.2) is 77.7 Å². The number of hydrogen-bond donors (Lipinski definition) is 1. The van der Waals surface area contributed by atoms with E-state index in [9.17, 15) is 26.4 Å². The van der Waals surface area contributed by atoms with Crippen molar-refractivity contribution in [3.05, 3.63) is 78.4 Å². The van der Waals surface area contributed by atoms with Gasteiger partial charge in [-0.1, -0.05) is 24.3 Å². The average molecular weight is 492 g/mol. The SMILES string of the molecule is Cc1ccc2c(c1)O[C@H](C(=O)Nc1ccc(OC(F)(F)F)cc1)CN2S(=O)(=O)c1ccccc1. The molecule has 0 aromatic heterocycles. The lowest BCUT2D eigenvalue weighted by Crippen LogP contribution is -2.48. The van der Waals surface area contributed by atoms with Gasteiger partial charge in [-0.2, -0.15) is 0 Å². The van der Waals surface area contributed by atoms with Crippen LogP contribution >= 0.6 is 0 Å². The van der Waals surface area contributed by atoms with E-state index in [2.05, 4.69) is 10.1 Å². The summed E-state index contributed by atoms with van der Waals surface area (Å²) in [4.78, 5) is 13.0. The highest BCUT2D eigenvalue weighted by atomic mass is 32.2. The number of carbonyl (C=O) groups excluding carboxylic acids is 1. The molecule has 0 fully saturated rings. The molecule has 1 aliphatic heterocycles. The zero-order chi connectivity index (χ0) is 24.5. The molecule has 0 saturated heterocycles. The first kappa shape index (κ1) is 23.4. The maximum Gasteiger partial charge on any atom is 0.573 e. The molecule has 0 saturated carbocycles. The Bertz CT molecular complexity index is 1300. The summed E-state index contributed by atoms with van der Waals surface area (Å²) in [6, 6.07) is 17.3. The fourth-order valence-corrected chi connectivity index (χ4v) is 4.90. The molecule has 1 amide bonds. The van der Waals surface area contributed by atoms with Gasteiger partial charge in [-0.15, -0.1) is 13.2 Å². The number of carbonyl (C=O) groups is 1. The number of halogens is 3. The fraction of sp³-hybridized carbons (Fsp3) is 0.174. The Kier molecular flexibility index (Phi) is 6.13. The van der Waals surface area contributed by atoms with Crippen LogP contribution in [0, 0.1) is 6.92 Å². The van der Waals surface area contributed by atoms with Crippen molar-refractivity contribution < 1.29 is 35.9 Å². The molecule has 1 N–H and O–H groups in total. The highest BCUT2D eigenvalue weighted by molar-refractivity contribution is 7.92. The Balaban J connectivity index is 1.59. The van der Waals surface area contributed by atoms with Crippen LogP contribution in [-0.4, -0.2) is 33.3 Å². The summed E-state index contributed by atoms with van der Waals surface area (Å²) < 4.78 is 74.4. The summed E-state index contributed by atoms with van der Waals surface area (Å²) >= 11 is 0. The van der Waals surface area contributed by atoms with Crippen molar-refractivity contribution in [2.75, 3.05) is 16.2 Å². The molecule has 7 nitrogen and oxygen atoms in total. The minimum Gasteiger partial charge on any atom is -0.476 e. The fourth-order valence-electron chi connectivity index (χ4n) is 3.41. The zero-order valence-corrected chi connectivity index (χ0v) is 18.6. The van der Waals surface area contributed by atoms with Crippen molar-refractivity contribution in [3.63, 3.8) is 0 Å². The highest BCUT2D eigenvalue weighted by Gasteiger charge is 2.37. The Morgan fingerprint density at radius 2 is 1.74 bits per heavy atom. The summed E-state index contributed by atoms with van der Waals surface area (Å²) in [5.74, 6) is -0.881. The number of fused-ring (bicyclic) bond motifs is 1. The summed E-state index contributed by atoms with van der Waals surface area (Å²) in [5.41, 5.74) is 1.29. The quantitative estimate of drug-likeness (QED) is 0.568. The van der Waals surface area contributed by atoms with E-state index in [-0.39, 0.29) is 22.9 Å². The maximum absolute atomic E-state index is 13.3. The molecule has 34 heavy (non-hydrogen) atoms. The van der Waals surface area contributed by atoms with E-state index in [4.69, 9.17) is 4.74 Å². The number of rotatable bonds is 5. The number of nitrogens with one attached hydrogen (secondary N) is 1. The zero-order valence-electron chi connectivity index (χ0n) is 17.7. The summed E-state index contributed by atoms with van der Waals surface area (Å²) in [7, 11) is -4.00. The highest BCUT2D eigenvalue weighted by Crippen LogP contribution is 2.38. The minimum absolute atomic E-state index is 0.0582. The predicted molar refractivity (Wildman–Crippen MR) is 118 cm³/mol. The number of benzene rings is 3. The number of alkyl halides is 3. The number of sulfonamides is 1. The molecular formula is C23H19F3N2O5S. The molecule has 3 aromatic carbocycles. The Labute approximate surface area is 193 Å². The molecule has 1 aliphatic rings. The predicted octanol–water partition coefficient (Wildman–Crippen LogP) is 4.49. The van der Waals surface area contributed by atoms with Gasteiger partial charge in [-0.3, -0.25) is 9.10 Å². The van der Waals surface area contributed by atoms with Crippen molar-refractivity contribution in [2.45, 2.75) is 24.3 Å². The van der Waals surface area contributed by atoms with Crippen molar-refractivity contribution in [1.29, 1.82) is 0 Å². The van der Waals surface area contributed by atoms with E-state index in [0.717, 1.165) is 22.0 Å². The van der Waals surface area contributed by atoms with Crippen LogP contribution in [0.25, 0.3) is 0 Å². The van der Waals surface area contributed by atoms with Gasteiger partial charge in [0.2, 0.25) is 0 Å². The van der Waals surface area contributed by atoms with Gasteiger partial charge < -0.3 is 14.8 Å². The van der Waals surface area contributed by atoms with Crippen LogP contribution < -0.4 is 19.1 Å². The van der Waals surface area contributed by atoms with Gasteiger partial charge >= 0.3 is 6.36 Å². The number of anilines is 2. The normalized spacial score (nSPS) is 15.8. The molecule has 11 heteroatoms. The van der Waals surface area contributed by atoms with Crippen molar-refractivity contribution >= 4 is 27.3 Å². The van der Waals surface area contributed by atoms with Crippen LogP contribution in [-0.2, 0) is 14.8 Å². The van der Waals surface area contributed by atoms with Gasteiger partial charge in [0.05, 0.1) is 17.1 Å². The van der Waals surface area contributed by atoms with E-state index in [1.54, 1.807) is 43.3 Å². The number of ether oxygens (including phenoxy) is 2. The second kappa shape index (κ2) is 8.90. The lowest BCUT2D eigenvalue weighted by molar-refractivity contribution is -0.274. The molecule has 1 atom stereocenters. The molecule has 0 bridgehead atoms. The Morgan fingerprint density at radius 3 is 2.38 bits per heavy atom. The molecule has 0 spiro atoms. The monoisotopic (exact) mass is 492 g/mol. The molecular weight excluding hydrogens is 473 g/mol. The van der Waals surface area contributed by atoms with Gasteiger partial charge in [0.25, 0.3) is 15.9 Å². The molecule has 0 aliphatic carbocycles. The summed E-state index contributed by atoms with van der Waals surface area (Å²) in [5, 5.41) is 2.54. The maximum atomic E-state index is 13.3. The van der Waals surface area contributed by atoms with Crippen molar-refractivity contribution in [2.24, 2.45) is 0 Å². The van der Waals surface area contributed by atoms with E-state index >= 15 is 0 Å². The smallest absolute Gasteiger partial charge is 0.476 e. The lowest BCUT2D eigenvalue weighted by atomic mass is 10.1. The van der Waals surface area contributed by atoms with E-state index in [0.29, 0.717) is 5.69 Å². The van der Waals surface area contributed by atoms with E-state index in [1.165, 1.54) is 24.3 Å². The first-order valence-electron chi connectivity index (χ1n) is 10.0. The van der Waals surface area contributed by atoms with Gasteiger partial charge in [-0.05, 0) is 61.0 Å². The van der Waals surface area contributed by atoms with Crippen LogP contribution in [0.2, 0.25) is 0 Å². The molecule has 4 rings (SSSR count). The van der Waals surface area contributed by atoms with Crippen molar-refractivity contribution in [3.8, 4) is 11.5 Å². The number of nitrogens with zero attached hydrogens (tertiary/aromatic N) is 1. The van der Waals surface area contributed by atoms with Crippen LogP contribution in [0.3, 0.4) is 0 Å². The minimum atomic E-state index is -4.83. The third kappa shape index (κ3) is 5.09. The average Bonchev–Trinajstić information content (AvgIpc) is 2.79. The van der Waals surface area contributed by atoms with E-state index in [1.807, 2.05) is 0 Å². The lowest BCUT2D eigenvalue weighted by Gasteiger charge is -2.35. The topological polar surface area (TPSA) is 84.9 Å².